The Morgan fingerprint density at radius 1 is 1.12 bits per heavy atom. The minimum atomic E-state index is 0.395. The van der Waals surface area contributed by atoms with Gasteiger partial charge in [-0.1, -0.05) is 22.5 Å². The van der Waals surface area contributed by atoms with Crippen molar-refractivity contribution < 1.29 is 9.26 Å². The number of rotatable bonds is 4. The molecule has 3 heterocycles. The van der Waals surface area contributed by atoms with Crippen molar-refractivity contribution in [1.29, 1.82) is 0 Å². The van der Waals surface area contributed by atoms with E-state index in [1.54, 1.807) is 42.5 Å². The van der Waals surface area contributed by atoms with E-state index in [1.807, 2.05) is 24.3 Å². The molecule has 1 aromatic carbocycles. The average molecular weight is 320 g/mol. The SMILES string of the molecule is COc1cc(-c2noc(-c3ccccc3-n3ccnn3)n2)ccn1. The summed E-state index contributed by atoms with van der Waals surface area (Å²) in [6.45, 7) is 0. The lowest BCUT2D eigenvalue weighted by Crippen LogP contribution is -1.98. The molecule has 0 atom stereocenters. The number of benzene rings is 1. The number of pyridine rings is 1. The van der Waals surface area contributed by atoms with Gasteiger partial charge in [0, 0.05) is 17.8 Å². The van der Waals surface area contributed by atoms with Crippen LogP contribution in [0.1, 0.15) is 0 Å². The molecular formula is C16H12N6O2. The highest BCUT2D eigenvalue weighted by molar-refractivity contribution is 5.67. The van der Waals surface area contributed by atoms with E-state index in [9.17, 15) is 0 Å². The standard InChI is InChI=1S/C16H12N6O2/c1-23-14-10-11(6-7-17-14)15-19-16(24-20-15)12-4-2-3-5-13(12)22-9-8-18-21-22/h2-10H,1H3. The van der Waals surface area contributed by atoms with Crippen molar-refractivity contribution in [3.05, 3.63) is 55.0 Å². The van der Waals surface area contributed by atoms with E-state index in [0.717, 1.165) is 16.8 Å². The number of hydrogen-bond donors (Lipinski definition) is 0. The van der Waals surface area contributed by atoms with E-state index in [0.29, 0.717) is 17.6 Å². The van der Waals surface area contributed by atoms with Gasteiger partial charge >= 0.3 is 0 Å². The molecule has 0 aliphatic carbocycles. The van der Waals surface area contributed by atoms with Gasteiger partial charge in [0.2, 0.25) is 11.7 Å². The minimum Gasteiger partial charge on any atom is -0.481 e. The first kappa shape index (κ1) is 14.1. The van der Waals surface area contributed by atoms with E-state index in [1.165, 1.54) is 0 Å². The number of ether oxygens (including phenoxy) is 1. The van der Waals surface area contributed by atoms with Gasteiger partial charge in [-0.25, -0.2) is 9.67 Å². The van der Waals surface area contributed by atoms with Crippen molar-refractivity contribution >= 4 is 0 Å². The summed E-state index contributed by atoms with van der Waals surface area (Å²) < 4.78 is 12.2. The second kappa shape index (κ2) is 5.92. The Morgan fingerprint density at radius 3 is 2.88 bits per heavy atom. The predicted octanol–water partition coefficient (Wildman–Crippen LogP) is 2.39. The summed E-state index contributed by atoms with van der Waals surface area (Å²) in [6.07, 6.45) is 5.00. The highest BCUT2D eigenvalue weighted by atomic mass is 16.5. The normalized spacial score (nSPS) is 10.7. The zero-order chi connectivity index (χ0) is 16.4. The Morgan fingerprint density at radius 2 is 2.04 bits per heavy atom. The van der Waals surface area contributed by atoms with Gasteiger partial charge in [0.1, 0.15) is 0 Å². The molecule has 8 nitrogen and oxygen atoms in total. The third kappa shape index (κ3) is 2.50. The Labute approximate surface area is 136 Å². The molecule has 0 saturated heterocycles. The van der Waals surface area contributed by atoms with Crippen LogP contribution in [0, 0.1) is 0 Å². The molecule has 0 fully saturated rings. The van der Waals surface area contributed by atoms with Crippen molar-refractivity contribution in [2.75, 3.05) is 7.11 Å². The number of hydrogen-bond acceptors (Lipinski definition) is 7. The lowest BCUT2D eigenvalue weighted by Gasteiger charge is -2.04. The van der Waals surface area contributed by atoms with Crippen molar-refractivity contribution in [2.45, 2.75) is 0 Å². The van der Waals surface area contributed by atoms with Crippen LogP contribution >= 0.6 is 0 Å². The highest BCUT2D eigenvalue weighted by Gasteiger charge is 2.15. The number of aromatic nitrogens is 6. The molecule has 0 amide bonds. The topological polar surface area (TPSA) is 91.8 Å². The van der Waals surface area contributed by atoms with Gasteiger partial charge in [-0.15, -0.1) is 5.10 Å². The van der Waals surface area contributed by atoms with Crippen LogP contribution in [0.15, 0.2) is 59.5 Å². The first-order chi connectivity index (χ1) is 11.8. The summed E-state index contributed by atoms with van der Waals surface area (Å²) in [4.78, 5) is 8.54. The lowest BCUT2D eigenvalue weighted by molar-refractivity contribution is 0.398. The summed E-state index contributed by atoms with van der Waals surface area (Å²) in [7, 11) is 1.56. The van der Waals surface area contributed by atoms with Crippen LogP contribution in [0.25, 0.3) is 28.5 Å². The van der Waals surface area contributed by atoms with Crippen LogP contribution in [0.2, 0.25) is 0 Å². The van der Waals surface area contributed by atoms with Crippen molar-refractivity contribution in [1.82, 2.24) is 30.1 Å². The predicted molar refractivity (Wildman–Crippen MR) is 84.4 cm³/mol. The second-order valence-corrected chi connectivity index (χ2v) is 4.87. The molecule has 0 aliphatic heterocycles. The molecule has 0 aliphatic rings. The summed E-state index contributed by atoms with van der Waals surface area (Å²) >= 11 is 0. The fraction of sp³-hybridized carbons (Fsp3) is 0.0625. The molecule has 8 heteroatoms. The molecule has 0 N–H and O–H groups in total. The maximum Gasteiger partial charge on any atom is 0.260 e. The second-order valence-electron chi connectivity index (χ2n) is 4.87. The Balaban J connectivity index is 1.76. The number of para-hydroxylation sites is 1. The van der Waals surface area contributed by atoms with Gasteiger partial charge in [-0.05, 0) is 18.2 Å². The van der Waals surface area contributed by atoms with Gasteiger partial charge in [0.05, 0.1) is 30.8 Å². The highest BCUT2D eigenvalue weighted by Crippen LogP contribution is 2.27. The zero-order valence-corrected chi connectivity index (χ0v) is 12.7. The van der Waals surface area contributed by atoms with E-state index in [2.05, 4.69) is 25.4 Å². The van der Waals surface area contributed by atoms with Crippen LogP contribution in [0.4, 0.5) is 0 Å². The van der Waals surface area contributed by atoms with Gasteiger partial charge in [-0.2, -0.15) is 4.98 Å². The molecule has 118 valence electrons. The van der Waals surface area contributed by atoms with Crippen molar-refractivity contribution in [3.63, 3.8) is 0 Å². The largest absolute Gasteiger partial charge is 0.481 e. The summed E-state index contributed by atoms with van der Waals surface area (Å²) in [5, 5.41) is 11.9. The molecule has 24 heavy (non-hydrogen) atoms. The summed E-state index contributed by atoms with van der Waals surface area (Å²) in [6, 6.07) is 11.1. The molecule has 0 bridgehead atoms. The molecule has 4 aromatic rings. The zero-order valence-electron chi connectivity index (χ0n) is 12.7. The van der Waals surface area contributed by atoms with Crippen LogP contribution in [-0.4, -0.2) is 37.2 Å². The molecule has 0 saturated carbocycles. The molecular weight excluding hydrogens is 308 g/mol. The summed E-state index contributed by atoms with van der Waals surface area (Å²) in [5.74, 6) is 1.34. The maximum absolute atomic E-state index is 5.43. The van der Waals surface area contributed by atoms with Gasteiger partial charge < -0.3 is 9.26 Å². The quantitative estimate of drug-likeness (QED) is 0.570. The molecule has 4 rings (SSSR count). The van der Waals surface area contributed by atoms with E-state index in [4.69, 9.17) is 9.26 Å². The summed E-state index contributed by atoms with van der Waals surface area (Å²) in [5.41, 5.74) is 2.33. The third-order valence-corrected chi connectivity index (χ3v) is 3.43. The first-order valence-electron chi connectivity index (χ1n) is 7.15. The van der Waals surface area contributed by atoms with Crippen molar-refractivity contribution in [3.8, 4) is 34.4 Å². The van der Waals surface area contributed by atoms with Crippen LogP contribution in [-0.2, 0) is 0 Å². The van der Waals surface area contributed by atoms with Gasteiger partial charge in [0.25, 0.3) is 5.89 Å². The van der Waals surface area contributed by atoms with E-state index < -0.39 is 0 Å². The molecule has 0 spiro atoms. The fourth-order valence-corrected chi connectivity index (χ4v) is 2.30. The van der Waals surface area contributed by atoms with E-state index >= 15 is 0 Å². The first-order valence-corrected chi connectivity index (χ1v) is 7.15. The van der Waals surface area contributed by atoms with E-state index in [-0.39, 0.29) is 0 Å². The third-order valence-electron chi connectivity index (χ3n) is 3.43. The number of methoxy groups -OCH3 is 1. The Hall–Kier alpha value is -3.55. The lowest BCUT2D eigenvalue weighted by atomic mass is 10.2. The Bertz CT molecular complexity index is 964. The van der Waals surface area contributed by atoms with Gasteiger partial charge in [-0.3, -0.25) is 0 Å². The van der Waals surface area contributed by atoms with Crippen molar-refractivity contribution in [2.24, 2.45) is 0 Å². The molecule has 3 aromatic heterocycles. The van der Waals surface area contributed by atoms with Crippen LogP contribution in [0.3, 0.4) is 0 Å². The fourth-order valence-electron chi connectivity index (χ4n) is 2.30. The molecule has 0 unspecified atom stereocenters. The minimum absolute atomic E-state index is 0.395. The monoisotopic (exact) mass is 320 g/mol. The maximum atomic E-state index is 5.43. The van der Waals surface area contributed by atoms with Crippen LogP contribution in [0.5, 0.6) is 5.88 Å². The smallest absolute Gasteiger partial charge is 0.260 e. The van der Waals surface area contributed by atoms with Gasteiger partial charge in [0.15, 0.2) is 0 Å². The molecule has 0 radical (unpaired) electrons. The number of nitrogens with zero attached hydrogens (tertiary/aromatic N) is 6. The Kier molecular flexibility index (Phi) is 3.47. The van der Waals surface area contributed by atoms with Crippen LogP contribution < -0.4 is 4.74 Å². The average Bonchev–Trinajstić information content (AvgIpc) is 3.33.